The van der Waals surface area contributed by atoms with Crippen LogP contribution < -0.4 is 0 Å². The highest BCUT2D eigenvalue weighted by Gasteiger charge is 2.23. The topological polar surface area (TPSA) is 114 Å². The van der Waals surface area contributed by atoms with E-state index in [2.05, 4.69) is 61.3 Å². The van der Waals surface area contributed by atoms with E-state index < -0.39 is 0 Å². The van der Waals surface area contributed by atoms with E-state index in [1.165, 1.54) is 0 Å². The molecule has 0 saturated heterocycles. The third-order valence-corrected chi connectivity index (χ3v) is 10.6. The second-order valence-corrected chi connectivity index (χ2v) is 13.7. The molecule has 9 rings (SSSR count). The van der Waals surface area contributed by atoms with Crippen LogP contribution in [0.5, 0.6) is 0 Å². The number of nitrogens with zero attached hydrogens (tertiary/aromatic N) is 8. The van der Waals surface area contributed by atoms with Crippen LogP contribution in [0.1, 0.15) is 27.8 Å². The van der Waals surface area contributed by atoms with Crippen LogP contribution in [-0.2, 0) is 0 Å². The number of benzene rings is 7. The van der Waals surface area contributed by atoms with Gasteiger partial charge in [-0.2, -0.15) is 21.0 Å². The van der Waals surface area contributed by atoms with Gasteiger partial charge >= 0.3 is 0 Å². The van der Waals surface area contributed by atoms with Crippen LogP contribution in [0.3, 0.4) is 0 Å². The largest absolute Gasteiger partial charge is 0.309 e. The summed E-state index contributed by atoms with van der Waals surface area (Å²) in [7, 11) is 0. The molecule has 0 N–H and O–H groups in total. The maximum Gasteiger partial charge on any atom is 0.188 e. The molecule has 0 unspecified atom stereocenters. The molecule has 260 valence electrons. The lowest BCUT2D eigenvalue weighted by Gasteiger charge is -2.20. The van der Waals surface area contributed by atoms with Gasteiger partial charge in [0.25, 0.3) is 0 Å². The summed E-state index contributed by atoms with van der Waals surface area (Å²) in [5.41, 5.74) is 12.2. The van der Waals surface area contributed by atoms with Gasteiger partial charge in [0.05, 0.1) is 93.1 Å². The second kappa shape index (κ2) is 13.2. The van der Waals surface area contributed by atoms with Gasteiger partial charge in [0, 0.05) is 21.9 Å². The van der Waals surface area contributed by atoms with Crippen molar-refractivity contribution in [3.8, 4) is 57.9 Å². The zero-order chi connectivity index (χ0) is 39.4. The molecule has 9 aromatic rings. The van der Waals surface area contributed by atoms with E-state index in [0.29, 0.717) is 33.6 Å². The standard InChI is InChI=1S/C49H24N8/c1-29-18-30(25-50)4-11-37(29)34-8-13-39(49(22-34)57-46-16-9-35(54-2)23-42(46)43-24-36(55-3)10-17-47(43)57)38-12-5-33(28-53)21-48(38)56-44-14-6-31(26-51)19-40(44)41-20-32(27-52)7-15-45(41)56/h4-24H,1H3. The van der Waals surface area contributed by atoms with Crippen molar-refractivity contribution in [3.05, 3.63) is 178 Å². The zero-order valence-corrected chi connectivity index (χ0v) is 30.2. The lowest BCUT2D eigenvalue weighted by Crippen LogP contribution is -2.03. The fourth-order valence-electron chi connectivity index (χ4n) is 8.00. The van der Waals surface area contributed by atoms with Crippen molar-refractivity contribution < 1.29 is 0 Å². The Morgan fingerprint density at radius 1 is 0.421 bits per heavy atom. The maximum atomic E-state index is 10.2. The van der Waals surface area contributed by atoms with Gasteiger partial charge in [-0.25, -0.2) is 9.69 Å². The molecule has 0 amide bonds. The lowest BCUT2D eigenvalue weighted by molar-refractivity contribution is 1.16. The van der Waals surface area contributed by atoms with Crippen LogP contribution in [0.4, 0.5) is 11.4 Å². The van der Waals surface area contributed by atoms with Crippen molar-refractivity contribution in [1.29, 1.82) is 21.0 Å². The first-order valence-corrected chi connectivity index (χ1v) is 17.8. The molecule has 0 bridgehead atoms. The number of nitriles is 4. The summed E-state index contributed by atoms with van der Waals surface area (Å²) in [6.45, 7) is 17.5. The van der Waals surface area contributed by atoms with Crippen molar-refractivity contribution in [2.75, 3.05) is 0 Å². The Kier molecular flexibility index (Phi) is 7.84. The average molecular weight is 725 g/mol. The predicted octanol–water partition coefficient (Wildman–Crippen LogP) is 12.1. The molecule has 0 aliphatic rings. The summed E-state index contributed by atoms with van der Waals surface area (Å²) >= 11 is 0. The number of aryl methyl sites for hydroxylation is 1. The van der Waals surface area contributed by atoms with Crippen LogP contribution in [0.2, 0.25) is 0 Å². The minimum atomic E-state index is 0.452. The smallest absolute Gasteiger partial charge is 0.188 e. The number of aromatic nitrogens is 2. The van der Waals surface area contributed by atoms with Gasteiger partial charge < -0.3 is 9.13 Å². The van der Waals surface area contributed by atoms with Crippen molar-refractivity contribution in [2.24, 2.45) is 0 Å². The molecule has 0 saturated carbocycles. The van der Waals surface area contributed by atoms with Crippen LogP contribution in [-0.4, -0.2) is 9.13 Å². The SMILES string of the molecule is [C-]#[N+]c1ccc2c(c1)c1cc([N+]#[C-])ccc1n2-c1cc(-c2ccc(C#N)cc2C)ccc1-c1ccc(C#N)cc1-n1c2ccc(C#N)cc2c2cc(C#N)ccc21. The van der Waals surface area contributed by atoms with E-state index in [9.17, 15) is 21.0 Å². The Hall–Kier alpha value is -8.92. The van der Waals surface area contributed by atoms with Crippen molar-refractivity contribution in [3.63, 3.8) is 0 Å². The average Bonchev–Trinajstić information content (AvgIpc) is 3.76. The molecule has 0 aliphatic carbocycles. The Morgan fingerprint density at radius 2 is 0.807 bits per heavy atom. The van der Waals surface area contributed by atoms with Crippen molar-refractivity contribution in [2.45, 2.75) is 6.92 Å². The molecule has 0 spiro atoms. The monoisotopic (exact) mass is 724 g/mol. The first-order chi connectivity index (χ1) is 27.9. The summed E-state index contributed by atoms with van der Waals surface area (Å²) in [5.74, 6) is 0. The fourth-order valence-corrected chi connectivity index (χ4v) is 8.00. The van der Waals surface area contributed by atoms with Gasteiger partial charge in [0.15, 0.2) is 11.4 Å². The van der Waals surface area contributed by atoms with Gasteiger partial charge in [0.1, 0.15) is 0 Å². The summed E-state index contributed by atoms with van der Waals surface area (Å²) in [6, 6.07) is 48.7. The van der Waals surface area contributed by atoms with E-state index in [1.807, 2.05) is 85.8 Å². The van der Waals surface area contributed by atoms with E-state index in [1.54, 1.807) is 30.3 Å². The van der Waals surface area contributed by atoms with E-state index in [4.69, 9.17) is 13.1 Å². The molecular formula is C49H24N8. The molecule has 0 aliphatic heterocycles. The van der Waals surface area contributed by atoms with E-state index in [-0.39, 0.29) is 0 Å². The molecule has 57 heavy (non-hydrogen) atoms. The minimum Gasteiger partial charge on any atom is -0.309 e. The third-order valence-electron chi connectivity index (χ3n) is 10.6. The predicted molar refractivity (Wildman–Crippen MR) is 222 cm³/mol. The van der Waals surface area contributed by atoms with Gasteiger partial charge in [-0.15, -0.1) is 0 Å². The van der Waals surface area contributed by atoms with Crippen LogP contribution in [0.25, 0.3) is 86.9 Å². The summed E-state index contributed by atoms with van der Waals surface area (Å²) in [5, 5.41) is 42.8. The quantitative estimate of drug-likeness (QED) is 0.168. The molecule has 7 aromatic carbocycles. The minimum absolute atomic E-state index is 0.452. The van der Waals surface area contributed by atoms with E-state index in [0.717, 1.165) is 82.8 Å². The highest BCUT2D eigenvalue weighted by molar-refractivity contribution is 6.13. The molecule has 8 heteroatoms. The van der Waals surface area contributed by atoms with Gasteiger partial charge in [-0.05, 0) is 125 Å². The molecule has 8 nitrogen and oxygen atoms in total. The van der Waals surface area contributed by atoms with Gasteiger partial charge in [-0.3, -0.25) is 0 Å². The zero-order valence-electron chi connectivity index (χ0n) is 30.2. The molecule has 0 fully saturated rings. The Morgan fingerprint density at radius 3 is 1.28 bits per heavy atom. The maximum absolute atomic E-state index is 10.2. The molecule has 2 aromatic heterocycles. The van der Waals surface area contributed by atoms with Crippen LogP contribution in [0.15, 0.2) is 127 Å². The normalized spacial score (nSPS) is 10.8. The van der Waals surface area contributed by atoms with Crippen LogP contribution in [0, 0.1) is 65.4 Å². The second-order valence-electron chi connectivity index (χ2n) is 13.7. The fraction of sp³-hybridized carbons (Fsp3) is 0.0204. The molecule has 0 atom stereocenters. The highest BCUT2D eigenvalue weighted by atomic mass is 15.0. The first-order valence-electron chi connectivity index (χ1n) is 17.8. The summed E-state index contributed by atoms with van der Waals surface area (Å²) < 4.78 is 4.25. The van der Waals surface area contributed by atoms with E-state index >= 15 is 0 Å². The lowest BCUT2D eigenvalue weighted by atomic mass is 9.93. The summed E-state index contributed by atoms with van der Waals surface area (Å²) in [4.78, 5) is 7.43. The molecule has 2 heterocycles. The van der Waals surface area contributed by atoms with Crippen molar-refractivity contribution in [1.82, 2.24) is 9.13 Å². The highest BCUT2D eigenvalue weighted by Crippen LogP contribution is 2.44. The molecular weight excluding hydrogens is 701 g/mol. The Bertz CT molecular complexity index is 3360. The number of fused-ring (bicyclic) bond motifs is 6. The summed E-state index contributed by atoms with van der Waals surface area (Å²) in [6.07, 6.45) is 0. The number of hydrogen-bond donors (Lipinski definition) is 0. The Labute approximate surface area is 327 Å². The third kappa shape index (κ3) is 5.32. The van der Waals surface area contributed by atoms with Gasteiger partial charge in [0.2, 0.25) is 0 Å². The van der Waals surface area contributed by atoms with Crippen LogP contribution >= 0.6 is 0 Å². The number of rotatable bonds is 4. The first kappa shape index (κ1) is 33.9. The van der Waals surface area contributed by atoms with Crippen molar-refractivity contribution >= 4 is 55.0 Å². The molecule has 0 radical (unpaired) electrons. The number of hydrogen-bond acceptors (Lipinski definition) is 4. The van der Waals surface area contributed by atoms with Gasteiger partial charge in [-0.1, -0.05) is 36.4 Å². The Balaban J connectivity index is 1.43.